The van der Waals surface area contributed by atoms with E-state index in [1.807, 2.05) is 0 Å². The summed E-state index contributed by atoms with van der Waals surface area (Å²) in [5.41, 5.74) is 0.485. The molecular formula is C14H13IN2O5. The van der Waals surface area contributed by atoms with E-state index in [4.69, 9.17) is 0 Å². The molecule has 1 aromatic carbocycles. The first kappa shape index (κ1) is 16.4. The molecule has 22 heavy (non-hydrogen) atoms. The molecule has 1 fully saturated rings. The Balaban J connectivity index is 1.75. The Morgan fingerprint density at radius 3 is 2.32 bits per heavy atom. The molecule has 0 radical (unpaired) electrons. The highest BCUT2D eigenvalue weighted by molar-refractivity contribution is 14.1. The van der Waals surface area contributed by atoms with Crippen LogP contribution in [-0.2, 0) is 19.2 Å². The van der Waals surface area contributed by atoms with Gasteiger partial charge in [-0.05, 0) is 46.9 Å². The van der Waals surface area contributed by atoms with Crippen LogP contribution in [0.2, 0.25) is 0 Å². The minimum Gasteiger partial charge on any atom is -0.351 e. The molecule has 0 aliphatic carbocycles. The molecule has 0 aromatic heterocycles. The molecule has 2 rings (SSSR count). The summed E-state index contributed by atoms with van der Waals surface area (Å²) in [5, 5.41) is 3.06. The highest BCUT2D eigenvalue weighted by Crippen LogP contribution is 2.12. The van der Waals surface area contributed by atoms with Gasteiger partial charge >= 0.3 is 5.97 Å². The van der Waals surface area contributed by atoms with Crippen LogP contribution < -0.4 is 5.32 Å². The van der Waals surface area contributed by atoms with Crippen LogP contribution in [0.3, 0.4) is 0 Å². The normalized spacial score (nSPS) is 14.1. The summed E-state index contributed by atoms with van der Waals surface area (Å²) in [6.07, 6.45) is -0.0293. The molecular weight excluding hydrogens is 403 g/mol. The van der Waals surface area contributed by atoms with Gasteiger partial charge in [-0.15, -0.1) is 5.06 Å². The number of halogens is 1. The average molecular weight is 416 g/mol. The minimum atomic E-state index is -0.744. The standard InChI is InChI=1S/C14H13IN2O5/c15-10-3-1-9(2-4-10)14(21)16-8-7-13(20)22-17-11(18)5-6-12(17)19/h1-4H,5-8H2,(H,16,21). The summed E-state index contributed by atoms with van der Waals surface area (Å²) in [6, 6.07) is 6.96. The lowest BCUT2D eigenvalue weighted by Gasteiger charge is -2.12. The molecule has 1 aliphatic heterocycles. The predicted octanol–water partition coefficient (Wildman–Crippen LogP) is 1.02. The molecule has 1 saturated heterocycles. The largest absolute Gasteiger partial charge is 0.351 e. The first-order valence-electron chi connectivity index (χ1n) is 6.57. The number of carbonyl (C=O) groups excluding carboxylic acids is 4. The van der Waals surface area contributed by atoms with Gasteiger partial charge in [0.25, 0.3) is 17.7 Å². The van der Waals surface area contributed by atoms with Gasteiger partial charge in [0, 0.05) is 28.5 Å². The molecule has 116 valence electrons. The average Bonchev–Trinajstić information content (AvgIpc) is 2.79. The number of amides is 3. The zero-order chi connectivity index (χ0) is 16.1. The van der Waals surface area contributed by atoms with Crippen molar-refractivity contribution in [3.8, 4) is 0 Å². The van der Waals surface area contributed by atoms with E-state index >= 15 is 0 Å². The van der Waals surface area contributed by atoms with E-state index < -0.39 is 17.8 Å². The topological polar surface area (TPSA) is 92.8 Å². The van der Waals surface area contributed by atoms with Gasteiger partial charge in [-0.3, -0.25) is 14.4 Å². The highest BCUT2D eigenvalue weighted by atomic mass is 127. The fourth-order valence-electron chi connectivity index (χ4n) is 1.79. The van der Waals surface area contributed by atoms with Crippen molar-refractivity contribution in [1.29, 1.82) is 0 Å². The Labute approximate surface area is 140 Å². The SMILES string of the molecule is O=C(CCNC(=O)c1ccc(I)cc1)ON1C(=O)CCC1=O. The Bertz CT molecular complexity index is 598. The van der Waals surface area contributed by atoms with Gasteiger partial charge in [-0.1, -0.05) is 0 Å². The van der Waals surface area contributed by atoms with Crippen LogP contribution in [0.1, 0.15) is 29.6 Å². The van der Waals surface area contributed by atoms with Crippen LogP contribution >= 0.6 is 22.6 Å². The van der Waals surface area contributed by atoms with Crippen molar-refractivity contribution in [2.24, 2.45) is 0 Å². The molecule has 0 spiro atoms. The smallest absolute Gasteiger partial charge is 0.334 e. The Morgan fingerprint density at radius 2 is 1.73 bits per heavy atom. The van der Waals surface area contributed by atoms with Gasteiger partial charge in [-0.2, -0.15) is 0 Å². The molecule has 7 nitrogen and oxygen atoms in total. The molecule has 0 atom stereocenters. The second kappa shape index (κ2) is 7.34. The zero-order valence-electron chi connectivity index (χ0n) is 11.5. The number of hydrogen-bond acceptors (Lipinski definition) is 5. The van der Waals surface area contributed by atoms with Crippen molar-refractivity contribution < 1.29 is 24.0 Å². The van der Waals surface area contributed by atoms with E-state index in [1.165, 1.54) is 0 Å². The van der Waals surface area contributed by atoms with Gasteiger partial charge in [0.05, 0.1) is 6.42 Å². The van der Waals surface area contributed by atoms with Gasteiger partial charge in [0.1, 0.15) is 0 Å². The number of carbonyl (C=O) groups is 4. The van der Waals surface area contributed by atoms with Crippen LogP contribution in [0.25, 0.3) is 0 Å². The lowest BCUT2D eigenvalue weighted by Crippen LogP contribution is -2.33. The number of hydroxylamine groups is 2. The first-order valence-corrected chi connectivity index (χ1v) is 7.65. The fourth-order valence-corrected chi connectivity index (χ4v) is 2.15. The third-order valence-electron chi connectivity index (χ3n) is 2.92. The van der Waals surface area contributed by atoms with Crippen LogP contribution in [0, 0.1) is 3.57 Å². The molecule has 0 saturated carbocycles. The number of nitrogens with zero attached hydrogens (tertiary/aromatic N) is 1. The zero-order valence-corrected chi connectivity index (χ0v) is 13.7. The molecule has 1 aliphatic rings. The van der Waals surface area contributed by atoms with Crippen molar-refractivity contribution in [1.82, 2.24) is 10.4 Å². The van der Waals surface area contributed by atoms with Crippen molar-refractivity contribution in [2.75, 3.05) is 6.54 Å². The van der Waals surface area contributed by atoms with Crippen LogP contribution in [0.4, 0.5) is 0 Å². The van der Waals surface area contributed by atoms with E-state index in [0.717, 1.165) is 3.57 Å². The number of rotatable bonds is 5. The maximum atomic E-state index is 11.8. The summed E-state index contributed by atoms with van der Waals surface area (Å²) in [7, 11) is 0. The number of hydrogen-bond donors (Lipinski definition) is 1. The minimum absolute atomic E-state index is 0.0512. The Morgan fingerprint density at radius 1 is 1.14 bits per heavy atom. The van der Waals surface area contributed by atoms with Gasteiger partial charge in [-0.25, -0.2) is 4.79 Å². The molecule has 0 bridgehead atoms. The van der Waals surface area contributed by atoms with Crippen molar-refractivity contribution >= 4 is 46.3 Å². The van der Waals surface area contributed by atoms with E-state index in [0.29, 0.717) is 10.6 Å². The Hall–Kier alpha value is -1.97. The molecule has 8 heteroatoms. The van der Waals surface area contributed by atoms with Gasteiger partial charge < -0.3 is 10.2 Å². The monoisotopic (exact) mass is 416 g/mol. The summed E-state index contributed by atoms with van der Waals surface area (Å²) >= 11 is 2.13. The molecule has 1 heterocycles. The third-order valence-corrected chi connectivity index (χ3v) is 3.64. The molecule has 3 amide bonds. The highest BCUT2D eigenvalue weighted by Gasteiger charge is 2.32. The van der Waals surface area contributed by atoms with Crippen molar-refractivity contribution in [3.05, 3.63) is 33.4 Å². The predicted molar refractivity (Wildman–Crippen MR) is 83.3 cm³/mol. The lowest BCUT2D eigenvalue weighted by atomic mass is 10.2. The maximum Gasteiger partial charge on any atom is 0.334 e. The van der Waals surface area contributed by atoms with Crippen LogP contribution in [0.15, 0.2) is 24.3 Å². The summed E-state index contributed by atoms with van der Waals surface area (Å²) < 4.78 is 1.01. The summed E-state index contributed by atoms with van der Waals surface area (Å²) in [5.74, 6) is -2.11. The summed E-state index contributed by atoms with van der Waals surface area (Å²) in [4.78, 5) is 50.6. The quantitative estimate of drug-likeness (QED) is 0.572. The molecule has 1 aromatic rings. The van der Waals surface area contributed by atoms with E-state index in [-0.39, 0.29) is 31.7 Å². The fraction of sp³-hybridized carbons (Fsp3) is 0.286. The maximum absolute atomic E-state index is 11.8. The number of imide groups is 1. The first-order chi connectivity index (χ1) is 10.5. The van der Waals surface area contributed by atoms with Crippen LogP contribution in [-0.4, -0.2) is 35.3 Å². The van der Waals surface area contributed by atoms with E-state index in [2.05, 4.69) is 32.7 Å². The number of benzene rings is 1. The molecule has 1 N–H and O–H groups in total. The van der Waals surface area contributed by atoms with Crippen molar-refractivity contribution in [3.63, 3.8) is 0 Å². The van der Waals surface area contributed by atoms with Crippen molar-refractivity contribution in [2.45, 2.75) is 19.3 Å². The Kier molecular flexibility index (Phi) is 5.47. The second-order valence-electron chi connectivity index (χ2n) is 4.56. The van der Waals surface area contributed by atoms with Gasteiger partial charge in [0.15, 0.2) is 0 Å². The van der Waals surface area contributed by atoms with Crippen LogP contribution in [0.5, 0.6) is 0 Å². The molecule has 0 unspecified atom stereocenters. The number of nitrogens with one attached hydrogen (secondary N) is 1. The van der Waals surface area contributed by atoms with E-state index in [1.54, 1.807) is 24.3 Å². The lowest BCUT2D eigenvalue weighted by molar-refractivity contribution is -0.197. The third kappa shape index (κ3) is 4.26. The summed E-state index contributed by atoms with van der Waals surface area (Å²) in [6.45, 7) is 0.0554. The second-order valence-corrected chi connectivity index (χ2v) is 5.80. The van der Waals surface area contributed by atoms with Gasteiger partial charge in [0.2, 0.25) is 0 Å². The van der Waals surface area contributed by atoms with E-state index in [9.17, 15) is 19.2 Å².